The standard InChI is InChI=1S/C16H20Cl2N2OS/c17-13-7-6-11(10-14(13)18)15-20(8-9-21-15)16(22)19-12-4-2-1-3-5-12/h6-7,10,12,15H,1-5,8-9H2,(H,19,22). The Bertz CT molecular complexity index is 549. The molecule has 6 heteroatoms. The van der Waals surface area contributed by atoms with Crippen LogP contribution in [0.2, 0.25) is 10.0 Å². The molecule has 1 aromatic rings. The van der Waals surface area contributed by atoms with E-state index in [1.807, 2.05) is 12.1 Å². The minimum absolute atomic E-state index is 0.182. The zero-order valence-corrected chi connectivity index (χ0v) is 14.7. The Morgan fingerprint density at radius 1 is 1.18 bits per heavy atom. The first-order valence-electron chi connectivity index (χ1n) is 7.79. The van der Waals surface area contributed by atoms with E-state index >= 15 is 0 Å². The van der Waals surface area contributed by atoms with Crippen molar-refractivity contribution < 1.29 is 4.74 Å². The van der Waals surface area contributed by atoms with E-state index in [1.165, 1.54) is 32.1 Å². The molecule has 1 heterocycles. The third-order valence-corrected chi connectivity index (χ3v) is 5.40. The van der Waals surface area contributed by atoms with Crippen molar-refractivity contribution >= 4 is 40.5 Å². The van der Waals surface area contributed by atoms with Gasteiger partial charge in [-0.05, 0) is 37.2 Å². The van der Waals surface area contributed by atoms with Crippen LogP contribution < -0.4 is 5.32 Å². The molecular formula is C16H20Cl2N2OS. The Morgan fingerprint density at radius 2 is 1.95 bits per heavy atom. The van der Waals surface area contributed by atoms with Gasteiger partial charge in [0.25, 0.3) is 0 Å². The number of halogens is 2. The van der Waals surface area contributed by atoms with Crippen molar-refractivity contribution in [1.82, 2.24) is 10.2 Å². The van der Waals surface area contributed by atoms with Gasteiger partial charge in [0, 0.05) is 18.2 Å². The lowest BCUT2D eigenvalue weighted by molar-refractivity contribution is 0.0625. The molecule has 1 unspecified atom stereocenters. The molecule has 3 nitrogen and oxygen atoms in total. The van der Waals surface area contributed by atoms with E-state index in [4.69, 9.17) is 40.2 Å². The Kier molecular flexibility index (Phi) is 5.45. The Balaban J connectivity index is 1.69. The molecule has 0 bridgehead atoms. The molecule has 120 valence electrons. The van der Waals surface area contributed by atoms with Gasteiger partial charge in [0.05, 0.1) is 16.7 Å². The lowest BCUT2D eigenvalue weighted by Gasteiger charge is -2.31. The number of benzene rings is 1. The maximum absolute atomic E-state index is 6.12. The summed E-state index contributed by atoms with van der Waals surface area (Å²) in [5.74, 6) is 0. The first-order chi connectivity index (χ1) is 10.6. The third-order valence-electron chi connectivity index (χ3n) is 4.31. The van der Waals surface area contributed by atoms with Crippen molar-refractivity contribution in [3.05, 3.63) is 33.8 Å². The molecule has 22 heavy (non-hydrogen) atoms. The summed E-state index contributed by atoms with van der Waals surface area (Å²) in [6.45, 7) is 1.46. The van der Waals surface area contributed by atoms with E-state index in [0.717, 1.165) is 17.2 Å². The first kappa shape index (κ1) is 16.3. The molecule has 0 aromatic heterocycles. The summed E-state index contributed by atoms with van der Waals surface area (Å²) in [7, 11) is 0. The van der Waals surface area contributed by atoms with Gasteiger partial charge in [-0.25, -0.2) is 0 Å². The monoisotopic (exact) mass is 358 g/mol. The Labute approximate surface area is 146 Å². The van der Waals surface area contributed by atoms with Gasteiger partial charge in [-0.3, -0.25) is 0 Å². The summed E-state index contributed by atoms with van der Waals surface area (Å²) < 4.78 is 5.85. The fourth-order valence-corrected chi connectivity index (χ4v) is 3.78. The fourth-order valence-electron chi connectivity index (χ4n) is 3.12. The van der Waals surface area contributed by atoms with Crippen molar-refractivity contribution in [2.75, 3.05) is 13.2 Å². The Hall–Kier alpha value is -0.550. The normalized spacial score (nSPS) is 22.8. The van der Waals surface area contributed by atoms with Gasteiger partial charge in [0.2, 0.25) is 0 Å². The molecule has 1 aliphatic heterocycles. The van der Waals surface area contributed by atoms with Gasteiger partial charge < -0.3 is 15.0 Å². The van der Waals surface area contributed by atoms with Gasteiger partial charge in [-0.1, -0.05) is 48.5 Å². The highest BCUT2D eigenvalue weighted by Gasteiger charge is 2.30. The first-order valence-corrected chi connectivity index (χ1v) is 8.95. The van der Waals surface area contributed by atoms with E-state index in [-0.39, 0.29) is 6.23 Å². The van der Waals surface area contributed by atoms with Crippen LogP contribution in [0.1, 0.15) is 43.9 Å². The number of hydrogen-bond donors (Lipinski definition) is 1. The van der Waals surface area contributed by atoms with Crippen LogP contribution in [-0.4, -0.2) is 29.2 Å². The summed E-state index contributed by atoms with van der Waals surface area (Å²) in [4.78, 5) is 2.10. The number of hydrogen-bond acceptors (Lipinski definition) is 2. The number of nitrogens with one attached hydrogen (secondary N) is 1. The molecule has 0 amide bonds. The second kappa shape index (κ2) is 7.35. The predicted octanol–water partition coefficient (Wildman–Crippen LogP) is 4.53. The lowest BCUT2D eigenvalue weighted by atomic mass is 9.96. The van der Waals surface area contributed by atoms with E-state index in [0.29, 0.717) is 22.7 Å². The topological polar surface area (TPSA) is 24.5 Å². The highest BCUT2D eigenvalue weighted by Crippen LogP contribution is 2.32. The maximum Gasteiger partial charge on any atom is 0.171 e. The minimum Gasteiger partial charge on any atom is -0.360 e. The van der Waals surface area contributed by atoms with Gasteiger partial charge in [-0.15, -0.1) is 0 Å². The largest absolute Gasteiger partial charge is 0.360 e. The van der Waals surface area contributed by atoms with Crippen LogP contribution in [0.4, 0.5) is 0 Å². The summed E-state index contributed by atoms with van der Waals surface area (Å²) in [6.07, 6.45) is 6.13. The van der Waals surface area contributed by atoms with Crippen LogP contribution in [0.15, 0.2) is 18.2 Å². The number of nitrogens with zero attached hydrogens (tertiary/aromatic N) is 1. The van der Waals surface area contributed by atoms with E-state index < -0.39 is 0 Å². The SMILES string of the molecule is S=C(NC1CCCCC1)N1CCOC1c1ccc(Cl)c(Cl)c1. The van der Waals surface area contributed by atoms with Crippen molar-refractivity contribution in [3.8, 4) is 0 Å². The zero-order chi connectivity index (χ0) is 15.5. The third kappa shape index (κ3) is 3.67. The number of thiocarbonyl (C=S) groups is 1. The summed E-state index contributed by atoms with van der Waals surface area (Å²) >= 11 is 17.7. The second-order valence-electron chi connectivity index (χ2n) is 5.87. The average Bonchev–Trinajstić information content (AvgIpc) is 3.01. The molecule has 0 spiro atoms. The van der Waals surface area contributed by atoms with E-state index in [2.05, 4.69) is 10.2 Å². The smallest absolute Gasteiger partial charge is 0.171 e. The summed E-state index contributed by atoms with van der Waals surface area (Å²) in [5.41, 5.74) is 0.986. The van der Waals surface area contributed by atoms with Gasteiger partial charge in [-0.2, -0.15) is 0 Å². The van der Waals surface area contributed by atoms with Crippen LogP contribution in [0.25, 0.3) is 0 Å². The van der Waals surface area contributed by atoms with Crippen LogP contribution in [-0.2, 0) is 4.74 Å². The summed E-state index contributed by atoms with van der Waals surface area (Å²) in [6, 6.07) is 6.10. The second-order valence-corrected chi connectivity index (χ2v) is 7.08. The molecule has 2 fully saturated rings. The van der Waals surface area contributed by atoms with Crippen molar-refractivity contribution in [3.63, 3.8) is 0 Å². The average molecular weight is 359 g/mol. The van der Waals surface area contributed by atoms with Crippen LogP contribution >= 0.6 is 35.4 Å². The molecule has 0 radical (unpaired) electrons. The van der Waals surface area contributed by atoms with Crippen LogP contribution in [0, 0.1) is 0 Å². The number of ether oxygens (including phenoxy) is 1. The van der Waals surface area contributed by atoms with E-state index in [1.54, 1.807) is 6.07 Å². The van der Waals surface area contributed by atoms with Crippen molar-refractivity contribution in [2.45, 2.75) is 44.4 Å². The quantitative estimate of drug-likeness (QED) is 0.784. The molecule has 1 aliphatic carbocycles. The molecule has 1 atom stereocenters. The zero-order valence-electron chi connectivity index (χ0n) is 12.4. The highest BCUT2D eigenvalue weighted by molar-refractivity contribution is 7.80. The summed E-state index contributed by atoms with van der Waals surface area (Å²) in [5, 5.41) is 5.38. The Morgan fingerprint density at radius 3 is 2.68 bits per heavy atom. The molecular weight excluding hydrogens is 339 g/mol. The highest BCUT2D eigenvalue weighted by atomic mass is 35.5. The van der Waals surface area contributed by atoms with Gasteiger partial charge in [0.15, 0.2) is 11.3 Å². The van der Waals surface area contributed by atoms with Crippen LogP contribution in [0.5, 0.6) is 0 Å². The molecule has 1 aromatic carbocycles. The fraction of sp³-hybridized carbons (Fsp3) is 0.562. The van der Waals surface area contributed by atoms with Crippen molar-refractivity contribution in [2.24, 2.45) is 0 Å². The number of rotatable bonds is 2. The predicted molar refractivity (Wildman–Crippen MR) is 94.5 cm³/mol. The molecule has 1 saturated carbocycles. The van der Waals surface area contributed by atoms with Gasteiger partial charge >= 0.3 is 0 Å². The minimum atomic E-state index is -0.182. The van der Waals surface area contributed by atoms with Crippen LogP contribution in [0.3, 0.4) is 0 Å². The van der Waals surface area contributed by atoms with E-state index in [9.17, 15) is 0 Å². The van der Waals surface area contributed by atoms with Gasteiger partial charge in [0.1, 0.15) is 0 Å². The molecule has 2 aliphatic rings. The molecule has 1 saturated heterocycles. The molecule has 1 N–H and O–H groups in total. The maximum atomic E-state index is 6.12. The molecule has 3 rings (SSSR count). The lowest BCUT2D eigenvalue weighted by Crippen LogP contribution is -2.45. The van der Waals surface area contributed by atoms with Crippen molar-refractivity contribution in [1.29, 1.82) is 0 Å².